The van der Waals surface area contributed by atoms with Crippen LogP contribution in [0, 0.1) is 20.8 Å². The summed E-state index contributed by atoms with van der Waals surface area (Å²) in [5, 5.41) is 3.24. The summed E-state index contributed by atoms with van der Waals surface area (Å²) in [6.07, 6.45) is 1.31. The van der Waals surface area contributed by atoms with Crippen LogP contribution < -0.4 is 11.1 Å². The second-order valence-electron chi connectivity index (χ2n) is 5.78. The minimum Gasteiger partial charge on any atom is -0.462 e. The van der Waals surface area contributed by atoms with Gasteiger partial charge in [-0.05, 0) is 38.8 Å². The maximum atomic E-state index is 12.2. The molecule has 8 heteroatoms. The van der Waals surface area contributed by atoms with Crippen molar-refractivity contribution in [1.82, 2.24) is 9.97 Å². The number of carbonyl (C=O) groups is 2. The van der Waals surface area contributed by atoms with Gasteiger partial charge in [-0.3, -0.25) is 4.79 Å². The van der Waals surface area contributed by atoms with E-state index in [9.17, 15) is 9.59 Å². The molecule has 138 valence electrons. The Bertz CT molecular complexity index is 816. The fourth-order valence-electron chi connectivity index (χ4n) is 2.50. The fourth-order valence-corrected chi connectivity index (χ4v) is 3.12. The van der Waals surface area contributed by atoms with E-state index in [4.69, 9.17) is 10.5 Å². The Morgan fingerprint density at radius 1 is 1.23 bits per heavy atom. The van der Waals surface area contributed by atoms with Crippen molar-refractivity contribution in [2.75, 3.05) is 23.4 Å². The lowest BCUT2D eigenvalue weighted by atomic mass is 10.1. The number of ether oxygens (including phenoxy) is 1. The molecule has 0 radical (unpaired) electrons. The molecule has 1 aromatic heterocycles. The van der Waals surface area contributed by atoms with Crippen molar-refractivity contribution in [3.63, 3.8) is 0 Å². The fraction of sp³-hybridized carbons (Fsp3) is 0.333. The van der Waals surface area contributed by atoms with E-state index in [0.717, 1.165) is 34.1 Å². The number of rotatable bonds is 6. The molecule has 0 atom stereocenters. The van der Waals surface area contributed by atoms with Gasteiger partial charge in [-0.15, -0.1) is 0 Å². The van der Waals surface area contributed by atoms with Crippen molar-refractivity contribution in [2.45, 2.75) is 32.9 Å². The number of nitrogens with zero attached hydrogens (tertiary/aromatic N) is 2. The van der Waals surface area contributed by atoms with Gasteiger partial charge in [-0.2, -0.15) is 0 Å². The zero-order valence-corrected chi connectivity index (χ0v) is 16.1. The van der Waals surface area contributed by atoms with Gasteiger partial charge in [0.25, 0.3) is 0 Å². The van der Waals surface area contributed by atoms with Crippen molar-refractivity contribution in [3.8, 4) is 0 Å². The first-order valence-corrected chi connectivity index (χ1v) is 9.10. The molecule has 26 heavy (non-hydrogen) atoms. The number of nitrogens with two attached hydrogens (primary N) is 1. The number of hydrogen-bond acceptors (Lipinski definition) is 7. The molecule has 0 bridgehead atoms. The number of hydrogen-bond donors (Lipinski definition) is 2. The molecule has 3 N–H and O–H groups in total. The van der Waals surface area contributed by atoms with Crippen molar-refractivity contribution in [2.24, 2.45) is 0 Å². The quantitative estimate of drug-likeness (QED) is 0.455. The number of amides is 1. The van der Waals surface area contributed by atoms with E-state index in [0.29, 0.717) is 5.16 Å². The first-order chi connectivity index (χ1) is 12.3. The molecule has 0 unspecified atom stereocenters. The zero-order valence-electron chi connectivity index (χ0n) is 15.3. The second kappa shape index (κ2) is 8.66. The molecule has 1 aromatic carbocycles. The van der Waals surface area contributed by atoms with Gasteiger partial charge >= 0.3 is 5.97 Å². The van der Waals surface area contributed by atoms with Gasteiger partial charge in [-0.25, -0.2) is 14.8 Å². The van der Waals surface area contributed by atoms with Crippen LogP contribution in [0.15, 0.2) is 23.5 Å². The molecule has 0 aliphatic carbocycles. The monoisotopic (exact) mass is 374 g/mol. The molecule has 0 saturated heterocycles. The summed E-state index contributed by atoms with van der Waals surface area (Å²) in [5.41, 5.74) is 9.89. The van der Waals surface area contributed by atoms with Gasteiger partial charge in [0.05, 0.1) is 12.4 Å². The number of aromatic nitrogens is 2. The summed E-state index contributed by atoms with van der Waals surface area (Å²) >= 11 is 1.14. The number of aryl methyl sites for hydroxylation is 3. The predicted octanol–water partition coefficient (Wildman–Crippen LogP) is 2.89. The van der Waals surface area contributed by atoms with Crippen LogP contribution in [0.1, 0.15) is 34.0 Å². The summed E-state index contributed by atoms with van der Waals surface area (Å²) in [5.74, 6) is -0.566. The van der Waals surface area contributed by atoms with Crippen LogP contribution in [0.4, 0.5) is 11.5 Å². The van der Waals surface area contributed by atoms with Gasteiger partial charge < -0.3 is 15.8 Å². The van der Waals surface area contributed by atoms with Crippen molar-refractivity contribution >= 4 is 35.1 Å². The Labute approximate surface area is 156 Å². The van der Waals surface area contributed by atoms with E-state index in [-0.39, 0.29) is 29.6 Å². The zero-order chi connectivity index (χ0) is 19.3. The van der Waals surface area contributed by atoms with Crippen molar-refractivity contribution < 1.29 is 14.3 Å². The molecular formula is C18H22N4O3S. The number of benzene rings is 1. The Morgan fingerprint density at radius 2 is 1.88 bits per heavy atom. The smallest absolute Gasteiger partial charge is 0.343 e. The van der Waals surface area contributed by atoms with Crippen LogP contribution in [0.5, 0.6) is 0 Å². The largest absolute Gasteiger partial charge is 0.462 e. The Kier molecular flexibility index (Phi) is 6.57. The normalized spacial score (nSPS) is 10.5. The number of carbonyl (C=O) groups excluding carboxylic acids is 2. The molecule has 2 rings (SSSR count). The van der Waals surface area contributed by atoms with Gasteiger partial charge in [0.1, 0.15) is 11.4 Å². The summed E-state index contributed by atoms with van der Waals surface area (Å²) in [6, 6.07) is 4.04. The van der Waals surface area contributed by atoms with E-state index >= 15 is 0 Å². The Balaban J connectivity index is 2.00. The summed E-state index contributed by atoms with van der Waals surface area (Å²) in [6.45, 7) is 7.88. The highest BCUT2D eigenvalue weighted by Gasteiger charge is 2.15. The molecule has 0 fully saturated rings. The van der Waals surface area contributed by atoms with Crippen LogP contribution in [0.25, 0.3) is 0 Å². The molecule has 0 aliphatic rings. The first kappa shape index (κ1) is 19.7. The standard InChI is InChI=1S/C18H22N4O3S/c1-5-25-17(24)13-8-20-18(22-16(13)19)26-9-14(23)21-15-11(3)6-10(2)7-12(15)4/h6-8H,5,9H2,1-4H3,(H,21,23)(H2,19,20,22). The summed E-state index contributed by atoms with van der Waals surface area (Å²) in [4.78, 5) is 32.0. The van der Waals surface area contributed by atoms with Crippen LogP contribution in [0.2, 0.25) is 0 Å². The SMILES string of the molecule is CCOC(=O)c1cnc(SCC(=O)Nc2c(C)cc(C)cc2C)nc1N. The minimum atomic E-state index is -0.565. The number of thioether (sulfide) groups is 1. The lowest BCUT2D eigenvalue weighted by Crippen LogP contribution is -2.16. The lowest BCUT2D eigenvalue weighted by molar-refractivity contribution is -0.113. The lowest BCUT2D eigenvalue weighted by Gasteiger charge is -2.12. The first-order valence-electron chi connectivity index (χ1n) is 8.12. The molecule has 2 aromatic rings. The van der Waals surface area contributed by atoms with Gasteiger partial charge in [-0.1, -0.05) is 29.5 Å². The minimum absolute atomic E-state index is 0.0339. The number of esters is 1. The highest BCUT2D eigenvalue weighted by Crippen LogP contribution is 2.23. The second-order valence-corrected chi connectivity index (χ2v) is 6.73. The highest BCUT2D eigenvalue weighted by atomic mass is 32.2. The highest BCUT2D eigenvalue weighted by molar-refractivity contribution is 7.99. The molecule has 7 nitrogen and oxygen atoms in total. The average Bonchev–Trinajstić information content (AvgIpc) is 2.56. The van der Waals surface area contributed by atoms with Gasteiger partial charge in [0.2, 0.25) is 5.91 Å². The van der Waals surface area contributed by atoms with E-state index < -0.39 is 5.97 Å². The molecular weight excluding hydrogens is 352 g/mol. The number of nitrogens with one attached hydrogen (secondary N) is 1. The van der Waals surface area contributed by atoms with E-state index in [2.05, 4.69) is 15.3 Å². The van der Waals surface area contributed by atoms with E-state index in [1.807, 2.05) is 32.9 Å². The molecule has 0 saturated carbocycles. The summed E-state index contributed by atoms with van der Waals surface area (Å²) < 4.78 is 4.87. The molecule has 0 spiro atoms. The van der Waals surface area contributed by atoms with Crippen LogP contribution >= 0.6 is 11.8 Å². The molecule has 1 amide bonds. The number of nitrogen functional groups attached to an aromatic ring is 1. The van der Waals surface area contributed by atoms with Crippen LogP contribution in [-0.2, 0) is 9.53 Å². The summed E-state index contributed by atoms with van der Waals surface area (Å²) in [7, 11) is 0. The topological polar surface area (TPSA) is 107 Å². The van der Waals surface area contributed by atoms with E-state index in [1.165, 1.54) is 6.20 Å². The predicted molar refractivity (Wildman–Crippen MR) is 102 cm³/mol. The van der Waals surface area contributed by atoms with E-state index in [1.54, 1.807) is 6.92 Å². The molecule has 1 heterocycles. The Hall–Kier alpha value is -2.61. The Morgan fingerprint density at radius 3 is 2.46 bits per heavy atom. The third-order valence-electron chi connectivity index (χ3n) is 3.57. The van der Waals surface area contributed by atoms with Crippen LogP contribution in [0.3, 0.4) is 0 Å². The third-order valence-corrected chi connectivity index (χ3v) is 4.43. The maximum Gasteiger partial charge on any atom is 0.343 e. The molecule has 0 aliphatic heterocycles. The average molecular weight is 374 g/mol. The van der Waals surface area contributed by atoms with Crippen molar-refractivity contribution in [1.29, 1.82) is 0 Å². The van der Waals surface area contributed by atoms with Crippen LogP contribution in [-0.4, -0.2) is 34.2 Å². The van der Waals surface area contributed by atoms with Crippen molar-refractivity contribution in [3.05, 3.63) is 40.6 Å². The maximum absolute atomic E-state index is 12.2. The van der Waals surface area contributed by atoms with Gasteiger partial charge in [0, 0.05) is 11.9 Å². The number of anilines is 2. The van der Waals surface area contributed by atoms with Gasteiger partial charge in [0.15, 0.2) is 5.16 Å². The third kappa shape index (κ3) is 4.95.